The normalized spacial score (nSPS) is 15.0. The minimum atomic E-state index is -6.92. The number of rotatable bonds is 5. The van der Waals surface area contributed by atoms with Crippen LogP contribution in [0.4, 0.5) is 39.5 Å². The Morgan fingerprint density at radius 3 is 1.58 bits per heavy atom. The van der Waals surface area contributed by atoms with E-state index < -0.39 is 42.5 Å². The van der Waals surface area contributed by atoms with Crippen molar-refractivity contribution in [3.8, 4) is 5.75 Å². The molecule has 0 aliphatic rings. The number of phenols is 1. The third kappa shape index (κ3) is 4.14. The van der Waals surface area contributed by atoms with E-state index in [0.717, 1.165) is 24.3 Å². The van der Waals surface area contributed by atoms with E-state index in [9.17, 15) is 44.3 Å². The summed E-state index contributed by atoms with van der Waals surface area (Å²) in [4.78, 5) is 11.0. The van der Waals surface area contributed by atoms with Crippen LogP contribution < -0.4 is 5.32 Å². The first-order valence-electron chi connectivity index (χ1n) is 6.51. The number of alkyl halides is 9. The van der Waals surface area contributed by atoms with E-state index in [0.29, 0.717) is 0 Å². The summed E-state index contributed by atoms with van der Waals surface area (Å²) >= 11 is 0. The molecule has 0 unspecified atom stereocenters. The Kier molecular flexibility index (Phi) is 5.76. The molecule has 0 amide bonds. The molecule has 1 atom stereocenters. The molecule has 0 aromatic heterocycles. The summed E-state index contributed by atoms with van der Waals surface area (Å²) in [6.07, 6.45) is -21.9. The van der Waals surface area contributed by atoms with Crippen molar-refractivity contribution >= 4 is 5.97 Å². The largest absolute Gasteiger partial charge is 0.508 e. The zero-order chi connectivity index (χ0) is 20.6. The maximum Gasteiger partial charge on any atom is 0.424 e. The monoisotopic (exact) mass is 399 g/mol. The van der Waals surface area contributed by atoms with Gasteiger partial charge in [0.05, 0.1) is 0 Å². The van der Waals surface area contributed by atoms with Crippen LogP contribution in [-0.2, 0) is 11.2 Å². The van der Waals surface area contributed by atoms with Crippen molar-refractivity contribution in [2.24, 2.45) is 0 Å². The number of benzene rings is 1. The fourth-order valence-electron chi connectivity index (χ4n) is 2.06. The lowest BCUT2D eigenvalue weighted by molar-refractivity contribution is -0.391. The lowest BCUT2D eigenvalue weighted by Crippen LogP contribution is -2.76. The van der Waals surface area contributed by atoms with E-state index in [2.05, 4.69) is 0 Å². The molecule has 0 saturated heterocycles. The fourth-order valence-corrected chi connectivity index (χ4v) is 2.06. The van der Waals surface area contributed by atoms with Gasteiger partial charge in [-0.05, 0) is 24.1 Å². The zero-order valence-electron chi connectivity index (χ0n) is 12.3. The lowest BCUT2D eigenvalue weighted by atomic mass is 9.93. The van der Waals surface area contributed by atoms with Crippen LogP contribution in [0.2, 0.25) is 0 Å². The molecule has 1 aromatic carbocycles. The number of carbonyl (C=O) groups is 1. The van der Waals surface area contributed by atoms with Crippen LogP contribution in [-0.4, -0.2) is 46.3 Å². The Morgan fingerprint density at radius 2 is 1.27 bits per heavy atom. The van der Waals surface area contributed by atoms with Crippen LogP contribution in [0.5, 0.6) is 5.75 Å². The number of carboxylic acids is 1. The molecule has 1 aromatic rings. The number of carboxylic acid groups (broad SMARTS) is 1. The first-order chi connectivity index (χ1) is 11.5. The molecular formula is C13H10F9NO3. The molecule has 0 bridgehead atoms. The highest BCUT2D eigenvalue weighted by atomic mass is 19.4. The molecule has 4 nitrogen and oxygen atoms in total. The molecule has 0 spiro atoms. The second kappa shape index (κ2) is 6.85. The molecule has 13 heteroatoms. The van der Waals surface area contributed by atoms with Gasteiger partial charge in [-0.15, -0.1) is 0 Å². The molecule has 0 saturated carbocycles. The zero-order valence-corrected chi connectivity index (χ0v) is 12.3. The lowest BCUT2D eigenvalue weighted by Gasteiger charge is -2.40. The Hall–Kier alpha value is -2.18. The molecule has 1 rings (SSSR count). The van der Waals surface area contributed by atoms with Gasteiger partial charge >= 0.3 is 30.0 Å². The standard InChI is InChI=1S/C13H10F9NO3/c14-11(15,16)10(12(17,18)19,13(20,21)22)23-8(9(25)26)5-6-1-3-7(24)4-2-6/h1-4,8,23-24H,5H2,(H,25,26)/t8-/m0/s1. The highest BCUT2D eigenvalue weighted by Crippen LogP contribution is 2.52. The van der Waals surface area contributed by atoms with Gasteiger partial charge in [0.1, 0.15) is 11.8 Å². The van der Waals surface area contributed by atoms with Gasteiger partial charge in [-0.1, -0.05) is 12.1 Å². The van der Waals surface area contributed by atoms with Crippen LogP contribution in [0.3, 0.4) is 0 Å². The quantitative estimate of drug-likeness (QED) is 0.664. The summed E-state index contributed by atoms with van der Waals surface area (Å²) in [7, 11) is 0. The van der Waals surface area contributed by atoms with Gasteiger partial charge in [-0.2, -0.15) is 39.5 Å². The molecule has 3 N–H and O–H groups in total. The maximum atomic E-state index is 12.9. The summed E-state index contributed by atoms with van der Waals surface area (Å²) in [5.41, 5.74) is -6.66. The van der Waals surface area contributed by atoms with E-state index in [-0.39, 0.29) is 16.6 Å². The Labute approximate surface area is 139 Å². The van der Waals surface area contributed by atoms with Crippen molar-refractivity contribution in [3.63, 3.8) is 0 Å². The van der Waals surface area contributed by atoms with Gasteiger partial charge in [0.15, 0.2) is 0 Å². The number of nitrogens with one attached hydrogen (secondary N) is 1. The number of aliphatic carboxylic acids is 1. The van der Waals surface area contributed by atoms with Crippen LogP contribution in [0, 0.1) is 0 Å². The van der Waals surface area contributed by atoms with E-state index in [1.807, 2.05) is 0 Å². The average molecular weight is 399 g/mol. The molecule has 148 valence electrons. The van der Waals surface area contributed by atoms with Gasteiger partial charge in [0, 0.05) is 0 Å². The first kappa shape index (κ1) is 21.9. The minimum absolute atomic E-state index is 0.213. The highest BCUT2D eigenvalue weighted by molar-refractivity contribution is 5.74. The van der Waals surface area contributed by atoms with Crippen LogP contribution in [0.1, 0.15) is 5.56 Å². The number of hydrogen-bond donors (Lipinski definition) is 3. The predicted octanol–water partition coefficient (Wildman–Crippen LogP) is 3.40. The Bertz CT molecular complexity index is 598. The highest BCUT2D eigenvalue weighted by Gasteiger charge is 2.84. The smallest absolute Gasteiger partial charge is 0.424 e. The van der Waals surface area contributed by atoms with Gasteiger partial charge in [-0.3, -0.25) is 10.1 Å². The van der Waals surface area contributed by atoms with Crippen molar-refractivity contribution in [2.75, 3.05) is 0 Å². The number of aromatic hydroxyl groups is 1. The van der Waals surface area contributed by atoms with E-state index in [1.54, 1.807) is 0 Å². The third-order valence-corrected chi connectivity index (χ3v) is 3.34. The van der Waals surface area contributed by atoms with Crippen LogP contribution in [0.25, 0.3) is 0 Å². The molecule has 26 heavy (non-hydrogen) atoms. The SMILES string of the molecule is O=C(O)[C@H](Cc1ccc(O)cc1)NC(C(F)(F)F)(C(F)(F)F)C(F)(F)F. The Morgan fingerprint density at radius 1 is 0.885 bits per heavy atom. The van der Waals surface area contributed by atoms with E-state index in [1.165, 1.54) is 0 Å². The summed E-state index contributed by atoms with van der Waals surface area (Å²) in [6, 6.07) is 0.842. The van der Waals surface area contributed by atoms with Crippen molar-refractivity contribution in [1.29, 1.82) is 0 Å². The Balaban J connectivity index is 3.41. The van der Waals surface area contributed by atoms with Crippen molar-refractivity contribution in [2.45, 2.75) is 36.5 Å². The summed E-state index contributed by atoms with van der Waals surface area (Å²) in [6.45, 7) is 0. The average Bonchev–Trinajstić information content (AvgIpc) is 2.40. The van der Waals surface area contributed by atoms with E-state index >= 15 is 0 Å². The fraction of sp³-hybridized carbons (Fsp3) is 0.462. The van der Waals surface area contributed by atoms with Crippen molar-refractivity contribution in [3.05, 3.63) is 29.8 Å². The topological polar surface area (TPSA) is 69.6 Å². The minimum Gasteiger partial charge on any atom is -0.508 e. The second-order valence-electron chi connectivity index (χ2n) is 5.15. The second-order valence-corrected chi connectivity index (χ2v) is 5.15. The predicted molar refractivity (Wildman–Crippen MR) is 67.3 cm³/mol. The van der Waals surface area contributed by atoms with Crippen molar-refractivity contribution in [1.82, 2.24) is 5.32 Å². The first-order valence-corrected chi connectivity index (χ1v) is 6.51. The molecule has 0 aliphatic carbocycles. The van der Waals surface area contributed by atoms with Crippen LogP contribution in [0.15, 0.2) is 24.3 Å². The number of phenolic OH excluding ortho intramolecular Hbond substituents is 1. The maximum absolute atomic E-state index is 12.9. The van der Waals surface area contributed by atoms with Gasteiger partial charge < -0.3 is 10.2 Å². The van der Waals surface area contributed by atoms with Crippen LogP contribution >= 0.6 is 0 Å². The van der Waals surface area contributed by atoms with Gasteiger partial charge in [0.25, 0.3) is 0 Å². The number of hydrogen-bond acceptors (Lipinski definition) is 3. The number of halogens is 9. The summed E-state index contributed by atoms with van der Waals surface area (Å²) in [5, 5.41) is 18.1. The molecular weight excluding hydrogens is 389 g/mol. The van der Waals surface area contributed by atoms with Crippen molar-refractivity contribution < 1.29 is 54.5 Å². The molecule has 0 heterocycles. The summed E-state index contributed by atoms with van der Waals surface area (Å²) < 4.78 is 116. The molecule has 0 radical (unpaired) electrons. The molecule has 0 aliphatic heterocycles. The van der Waals surface area contributed by atoms with Gasteiger partial charge in [0.2, 0.25) is 0 Å². The molecule has 0 fully saturated rings. The summed E-state index contributed by atoms with van der Waals surface area (Å²) in [5.74, 6) is -2.72. The van der Waals surface area contributed by atoms with E-state index in [4.69, 9.17) is 10.2 Å². The van der Waals surface area contributed by atoms with Gasteiger partial charge in [-0.25, -0.2) is 0 Å². The third-order valence-electron chi connectivity index (χ3n) is 3.34.